The van der Waals surface area contributed by atoms with E-state index >= 15 is 4.79 Å². The van der Waals surface area contributed by atoms with Crippen molar-refractivity contribution in [3.05, 3.63) is 76.4 Å². The van der Waals surface area contributed by atoms with Crippen molar-refractivity contribution in [3.63, 3.8) is 0 Å². The fourth-order valence-electron chi connectivity index (χ4n) is 13.7. The van der Waals surface area contributed by atoms with Gasteiger partial charge in [-0.1, -0.05) is 50.3 Å². The van der Waals surface area contributed by atoms with E-state index in [0.717, 1.165) is 46.6 Å². The summed E-state index contributed by atoms with van der Waals surface area (Å²) < 4.78 is 12.4. The quantitative estimate of drug-likeness (QED) is 0.230. The van der Waals surface area contributed by atoms with E-state index in [1.165, 1.54) is 14.0 Å². The summed E-state index contributed by atoms with van der Waals surface area (Å²) in [6.45, 7) is 8.50. The highest BCUT2D eigenvalue weighted by molar-refractivity contribution is 5.96. The number of nitrogens with zero attached hydrogens (tertiary/aromatic N) is 3. The van der Waals surface area contributed by atoms with Crippen molar-refractivity contribution in [1.82, 2.24) is 15.1 Å². The molecule has 1 amide bonds. The Balaban J connectivity index is 1.33. The van der Waals surface area contributed by atoms with Crippen LogP contribution in [0.4, 0.5) is 5.69 Å². The highest BCUT2D eigenvalue weighted by Gasteiger charge is 2.78. The van der Waals surface area contributed by atoms with Gasteiger partial charge in [0.2, 0.25) is 0 Å². The maximum Gasteiger partial charge on any atom is 0.320 e. The number of aliphatic hydroxyl groups is 3. The number of nitrogens with one attached hydrogen (secondary N) is 1. The summed E-state index contributed by atoms with van der Waals surface area (Å²) in [7, 11) is 4.93. The second-order valence-corrected chi connectivity index (χ2v) is 18.8. The monoisotopic (exact) mass is 808 g/mol. The van der Waals surface area contributed by atoms with E-state index in [0.29, 0.717) is 75.9 Å². The van der Waals surface area contributed by atoms with Crippen molar-refractivity contribution < 1.29 is 39.2 Å². The van der Waals surface area contributed by atoms with Gasteiger partial charge in [0, 0.05) is 67.4 Å². The number of hydrogen-bond donors (Lipinski definition) is 4. The number of piperidine rings is 1. The van der Waals surface area contributed by atoms with Gasteiger partial charge in [-0.05, 0) is 98.2 Å². The molecule has 12 heteroatoms. The Morgan fingerprint density at radius 3 is 2.49 bits per heavy atom. The first-order chi connectivity index (χ1) is 28.2. The number of aliphatic hydroxyl groups excluding tert-OH is 1. The molecule has 10 atom stereocenters. The summed E-state index contributed by atoms with van der Waals surface area (Å²) in [5.74, 6) is -1.01. The third-order valence-electron chi connectivity index (χ3n) is 16.1. The van der Waals surface area contributed by atoms with Gasteiger partial charge in [0.15, 0.2) is 5.60 Å². The predicted molar refractivity (Wildman–Crippen MR) is 223 cm³/mol. The van der Waals surface area contributed by atoms with Gasteiger partial charge in [0.1, 0.15) is 23.1 Å². The van der Waals surface area contributed by atoms with E-state index in [4.69, 9.17) is 9.47 Å². The summed E-state index contributed by atoms with van der Waals surface area (Å²) in [5, 5.41) is 40.5. The lowest BCUT2D eigenvalue weighted by atomic mass is 9.47. The lowest BCUT2D eigenvalue weighted by Crippen LogP contribution is -2.81. The lowest BCUT2D eigenvalue weighted by Gasteiger charge is -2.63. The Hall–Kier alpha value is -4.07. The number of amides is 1. The highest BCUT2D eigenvalue weighted by atomic mass is 16.5. The van der Waals surface area contributed by atoms with Crippen molar-refractivity contribution in [1.29, 1.82) is 0 Å². The number of rotatable bonds is 8. The molecule has 4 N–H and O–H groups in total. The molecule has 5 heterocycles. The molecule has 5 aliphatic heterocycles. The summed E-state index contributed by atoms with van der Waals surface area (Å²) >= 11 is 0. The number of esters is 1. The molecule has 2 unspecified atom stereocenters. The minimum Gasteiger partial charge on any atom is -0.496 e. The van der Waals surface area contributed by atoms with Gasteiger partial charge in [-0.25, -0.2) is 0 Å². The van der Waals surface area contributed by atoms with Gasteiger partial charge in [-0.3, -0.25) is 24.2 Å². The molecule has 3 fully saturated rings. The van der Waals surface area contributed by atoms with Crippen LogP contribution in [0.15, 0.2) is 54.1 Å². The molecule has 7 aliphatic rings. The number of likely N-dealkylation sites (N-methyl/N-ethyl adjacent to an activating group) is 1. The number of carbonyl (C=O) groups is 3. The number of hydrogen-bond acceptors (Lipinski definition) is 11. The zero-order valence-electron chi connectivity index (χ0n) is 35.3. The van der Waals surface area contributed by atoms with Gasteiger partial charge >= 0.3 is 5.97 Å². The number of Topliss-reactive ketones (excluding diaryl/α,β-unsaturated/α-hetero) is 1. The van der Waals surface area contributed by atoms with Gasteiger partial charge in [-0.15, -0.1) is 0 Å². The normalized spacial score (nSPS) is 37.9. The summed E-state index contributed by atoms with van der Waals surface area (Å²) in [6, 6.07) is 11.3. The minimum absolute atomic E-state index is 0.0620. The fourth-order valence-corrected chi connectivity index (χ4v) is 13.7. The van der Waals surface area contributed by atoms with Crippen molar-refractivity contribution in [2.45, 2.75) is 106 Å². The molecule has 0 aromatic heterocycles. The zero-order valence-corrected chi connectivity index (χ0v) is 35.3. The molecule has 1 saturated carbocycles. The van der Waals surface area contributed by atoms with E-state index in [2.05, 4.69) is 39.4 Å². The Kier molecular flexibility index (Phi) is 9.56. The topological polar surface area (TPSA) is 152 Å². The highest BCUT2D eigenvalue weighted by Crippen LogP contribution is 2.68. The summed E-state index contributed by atoms with van der Waals surface area (Å²) in [4.78, 5) is 48.8. The van der Waals surface area contributed by atoms with Crippen LogP contribution in [-0.2, 0) is 36.4 Å². The van der Waals surface area contributed by atoms with E-state index in [-0.39, 0.29) is 30.3 Å². The minimum atomic E-state index is -2.34. The summed E-state index contributed by atoms with van der Waals surface area (Å²) in [6.07, 6.45) is 6.36. The molecular weight excluding hydrogens is 749 g/mol. The number of ketones is 1. The van der Waals surface area contributed by atoms with Crippen LogP contribution in [0.5, 0.6) is 5.75 Å². The van der Waals surface area contributed by atoms with E-state index in [1.807, 2.05) is 50.1 Å². The van der Waals surface area contributed by atoms with Crippen LogP contribution in [0.25, 0.3) is 5.57 Å². The largest absolute Gasteiger partial charge is 0.496 e. The Bertz CT molecular complexity index is 2170. The second kappa shape index (κ2) is 14.0. The smallest absolute Gasteiger partial charge is 0.320 e. The maximum atomic E-state index is 15.3. The van der Waals surface area contributed by atoms with Crippen molar-refractivity contribution in [2.24, 2.45) is 11.3 Å². The fraction of sp³-hybridized carbons (Fsp3) is 0.596. The number of carbonyl (C=O) groups excluding carboxylic acids is 3. The average Bonchev–Trinajstić information content (AvgIpc) is 3.89. The van der Waals surface area contributed by atoms with Crippen molar-refractivity contribution in [2.75, 3.05) is 65.4 Å². The number of anilines is 1. The SMILES string of the molecule is CC[C@]1(O)CC2CN(CCC3=C(Cc4ccccc43)[C@@](C(=O)OC)(c3cc4c(cc3OC)N(C)[C@H]3[C@@](O)(C(=O)NCC(C)=O)[C@H](O)[C@]5(CC)C=CCN6CC[C@]43[C@@H]65)C2)C1. The molecule has 316 valence electrons. The van der Waals surface area contributed by atoms with Gasteiger partial charge in [0.05, 0.1) is 32.4 Å². The predicted octanol–water partition coefficient (Wildman–Crippen LogP) is 3.28. The van der Waals surface area contributed by atoms with Crippen LogP contribution < -0.4 is 15.0 Å². The van der Waals surface area contributed by atoms with Crippen LogP contribution >= 0.6 is 0 Å². The first-order valence-corrected chi connectivity index (χ1v) is 21.6. The number of methoxy groups -OCH3 is 2. The first kappa shape index (κ1) is 40.3. The van der Waals surface area contributed by atoms with Crippen LogP contribution in [0.3, 0.4) is 0 Å². The molecule has 2 aliphatic carbocycles. The number of fused-ring (bicyclic) bond motifs is 5. The van der Waals surface area contributed by atoms with Crippen molar-refractivity contribution in [3.8, 4) is 5.75 Å². The third-order valence-corrected chi connectivity index (χ3v) is 16.1. The standard InChI is InChI=1S/C47H60N4O8/c1-7-43(56)23-29-24-46(42(55)59-6,33-20-30-12-9-10-13-31(30)32(33)14-18-50(26-29)27-43)35-21-34-36(22-37(35)58-5)49(4)39-45(34)16-19-51-17-11-15-44(8-2,38(45)51)40(53)47(39,57)41(54)48-25-28(3)52/h9-13,15,21-22,29,38-40,53,56-57H,7-8,14,16-20,23-27H2,1-6H3,(H,48,54)/t29?,38-,39+,40+,43-,44+,45+,46+,47-/m0/s1. The average molecular weight is 809 g/mol. The van der Waals surface area contributed by atoms with Crippen LogP contribution in [-0.4, -0.2) is 133 Å². The molecule has 9 rings (SSSR count). The van der Waals surface area contributed by atoms with Gasteiger partial charge < -0.3 is 35.0 Å². The second-order valence-electron chi connectivity index (χ2n) is 18.8. The van der Waals surface area contributed by atoms with E-state index in [9.17, 15) is 24.9 Å². The Morgan fingerprint density at radius 1 is 1.00 bits per heavy atom. The van der Waals surface area contributed by atoms with Gasteiger partial charge in [0.25, 0.3) is 5.91 Å². The lowest BCUT2D eigenvalue weighted by molar-refractivity contribution is -0.203. The Morgan fingerprint density at radius 2 is 1.78 bits per heavy atom. The van der Waals surface area contributed by atoms with Gasteiger partial charge in [-0.2, -0.15) is 0 Å². The van der Waals surface area contributed by atoms with Crippen molar-refractivity contribution >= 4 is 28.9 Å². The van der Waals surface area contributed by atoms with E-state index in [1.54, 1.807) is 7.11 Å². The molecule has 59 heavy (non-hydrogen) atoms. The van der Waals surface area contributed by atoms with Crippen LogP contribution in [0.2, 0.25) is 0 Å². The number of benzene rings is 2. The first-order valence-electron chi connectivity index (χ1n) is 21.6. The molecule has 0 radical (unpaired) electrons. The number of ether oxygens (including phenoxy) is 2. The molecule has 1 spiro atoms. The molecule has 2 saturated heterocycles. The Labute approximate surface area is 347 Å². The van der Waals surface area contributed by atoms with Crippen LogP contribution in [0.1, 0.15) is 81.5 Å². The third kappa shape index (κ3) is 5.35. The molecule has 12 nitrogen and oxygen atoms in total. The zero-order chi connectivity index (χ0) is 41.9. The maximum absolute atomic E-state index is 15.3. The molecule has 2 aromatic rings. The van der Waals surface area contributed by atoms with E-state index < -0.39 is 45.5 Å². The van der Waals surface area contributed by atoms with Crippen LogP contribution in [0, 0.1) is 11.3 Å². The molecular formula is C47H60N4O8. The molecule has 2 bridgehead atoms. The summed E-state index contributed by atoms with van der Waals surface area (Å²) in [5.41, 5.74) is 0.247. The molecule has 2 aromatic carbocycles.